The van der Waals surface area contributed by atoms with Gasteiger partial charge in [0.15, 0.2) is 5.82 Å². The van der Waals surface area contributed by atoms with Crippen LogP contribution in [-0.2, 0) is 11.0 Å². The average molecular weight is 400 g/mol. The number of aromatic amines is 1. The van der Waals surface area contributed by atoms with Crippen molar-refractivity contribution in [3.8, 4) is 0 Å². The van der Waals surface area contributed by atoms with Gasteiger partial charge in [-0.1, -0.05) is 49.4 Å². The zero-order valence-corrected chi connectivity index (χ0v) is 15.5. The summed E-state index contributed by atoms with van der Waals surface area (Å²) in [6.07, 6.45) is -3.22. The number of alkyl halides is 3. The maximum absolute atomic E-state index is 13.1. The van der Waals surface area contributed by atoms with E-state index in [2.05, 4.69) is 20.5 Å². The van der Waals surface area contributed by atoms with Crippen molar-refractivity contribution in [2.45, 2.75) is 25.1 Å². The smallest absolute Gasteiger partial charge is 0.342 e. The fourth-order valence-corrected chi connectivity index (χ4v) is 3.85. The molecule has 2 N–H and O–H groups in total. The van der Waals surface area contributed by atoms with Gasteiger partial charge in [-0.3, -0.25) is 9.89 Å². The van der Waals surface area contributed by atoms with E-state index in [1.165, 1.54) is 18.5 Å². The normalized spacial score (nSPS) is 22.1. The van der Waals surface area contributed by atoms with Crippen molar-refractivity contribution in [1.29, 1.82) is 0 Å². The summed E-state index contributed by atoms with van der Waals surface area (Å²) in [5.41, 5.74) is 0.584. The van der Waals surface area contributed by atoms with Crippen molar-refractivity contribution in [2.75, 3.05) is 0 Å². The third-order valence-corrected chi connectivity index (χ3v) is 5.41. The van der Waals surface area contributed by atoms with Gasteiger partial charge in [0, 0.05) is 5.92 Å². The number of benzene rings is 2. The second-order valence-corrected chi connectivity index (χ2v) is 7.26. The number of H-pyrrole nitrogens is 1. The Balaban J connectivity index is 1.59. The van der Waals surface area contributed by atoms with Crippen LogP contribution in [0, 0.1) is 11.8 Å². The molecule has 8 heteroatoms. The highest BCUT2D eigenvalue weighted by Crippen LogP contribution is 2.54. The van der Waals surface area contributed by atoms with Gasteiger partial charge in [-0.15, -0.1) is 0 Å². The van der Waals surface area contributed by atoms with Gasteiger partial charge in [0.25, 0.3) is 0 Å². The lowest BCUT2D eigenvalue weighted by atomic mass is 10.0. The third-order valence-electron chi connectivity index (χ3n) is 5.41. The number of amides is 1. The fraction of sp³-hybridized carbons (Fsp3) is 0.286. The van der Waals surface area contributed by atoms with Gasteiger partial charge in [0.2, 0.25) is 5.91 Å². The Morgan fingerprint density at radius 3 is 2.55 bits per heavy atom. The van der Waals surface area contributed by atoms with E-state index in [4.69, 9.17) is 0 Å². The van der Waals surface area contributed by atoms with Crippen LogP contribution < -0.4 is 5.32 Å². The van der Waals surface area contributed by atoms with E-state index in [1.807, 2.05) is 37.3 Å². The summed E-state index contributed by atoms with van der Waals surface area (Å²) in [6, 6.07) is 13.8. The molecule has 1 fully saturated rings. The van der Waals surface area contributed by atoms with Crippen molar-refractivity contribution in [2.24, 2.45) is 11.8 Å². The van der Waals surface area contributed by atoms with Gasteiger partial charge in [0.05, 0.1) is 5.56 Å². The lowest BCUT2D eigenvalue weighted by Crippen LogP contribution is -2.32. The standard InChI is InChI=1S/C21H19F3N4O/c1-12-16(13-6-3-2-4-7-13)17(12)20(29)27-18(19-25-11-26-28-19)14-8-5-9-15(10-14)21(22,23)24/h2-12,16-18H,1H3,(H,27,29)(H,25,26,28). The average Bonchev–Trinajstić information content (AvgIpc) is 3.11. The van der Waals surface area contributed by atoms with Crippen LogP contribution >= 0.6 is 0 Å². The number of hydrogen-bond donors (Lipinski definition) is 2. The molecule has 1 aromatic heterocycles. The van der Waals surface area contributed by atoms with E-state index >= 15 is 0 Å². The largest absolute Gasteiger partial charge is 0.416 e. The number of hydrogen-bond acceptors (Lipinski definition) is 3. The molecule has 2 aromatic carbocycles. The zero-order chi connectivity index (χ0) is 20.6. The van der Waals surface area contributed by atoms with Crippen molar-refractivity contribution in [1.82, 2.24) is 20.5 Å². The Morgan fingerprint density at radius 1 is 1.14 bits per heavy atom. The molecule has 4 unspecified atom stereocenters. The molecule has 0 saturated heterocycles. The van der Waals surface area contributed by atoms with Gasteiger partial charge in [0.1, 0.15) is 12.4 Å². The molecule has 3 aromatic rings. The van der Waals surface area contributed by atoms with E-state index in [0.29, 0.717) is 0 Å². The highest BCUT2D eigenvalue weighted by molar-refractivity contribution is 5.84. The van der Waals surface area contributed by atoms with Gasteiger partial charge in [-0.25, -0.2) is 4.98 Å². The van der Waals surface area contributed by atoms with Gasteiger partial charge in [-0.2, -0.15) is 18.3 Å². The van der Waals surface area contributed by atoms with E-state index in [-0.39, 0.29) is 35.0 Å². The molecule has 4 atom stereocenters. The molecule has 150 valence electrons. The predicted octanol–water partition coefficient (Wildman–Crippen LogP) is 4.08. The third kappa shape index (κ3) is 3.87. The minimum Gasteiger partial charge on any atom is -0.342 e. The highest BCUT2D eigenvalue weighted by Gasteiger charge is 2.52. The molecular weight excluding hydrogens is 381 g/mol. The van der Waals surface area contributed by atoms with Crippen molar-refractivity contribution in [3.63, 3.8) is 0 Å². The van der Waals surface area contributed by atoms with Crippen molar-refractivity contribution < 1.29 is 18.0 Å². The molecular formula is C21H19F3N4O. The number of aromatic nitrogens is 3. The number of nitrogens with one attached hydrogen (secondary N) is 2. The quantitative estimate of drug-likeness (QED) is 0.678. The Morgan fingerprint density at radius 2 is 1.90 bits per heavy atom. The SMILES string of the molecule is CC1C(C(=O)NC(c2cccc(C(F)(F)F)c2)c2ncn[nH]2)C1c1ccccc1. The molecule has 0 spiro atoms. The summed E-state index contributed by atoms with van der Waals surface area (Å²) in [5.74, 6) is 0.0587. The Kier molecular flexibility index (Phi) is 4.86. The number of carbonyl (C=O) groups excluding carboxylic acids is 1. The van der Waals surface area contributed by atoms with Gasteiger partial charge < -0.3 is 5.32 Å². The monoisotopic (exact) mass is 400 g/mol. The van der Waals surface area contributed by atoms with Crippen LogP contribution in [-0.4, -0.2) is 21.1 Å². The first-order chi connectivity index (χ1) is 13.9. The van der Waals surface area contributed by atoms with E-state index in [9.17, 15) is 18.0 Å². The molecule has 0 bridgehead atoms. The van der Waals surface area contributed by atoms with Crippen LogP contribution in [0.3, 0.4) is 0 Å². The topological polar surface area (TPSA) is 70.7 Å². The first kappa shape index (κ1) is 19.2. The molecule has 1 saturated carbocycles. The van der Waals surface area contributed by atoms with Crippen LogP contribution in [0.25, 0.3) is 0 Å². The second-order valence-electron chi connectivity index (χ2n) is 7.26. The minimum atomic E-state index is -4.48. The summed E-state index contributed by atoms with van der Waals surface area (Å²) in [5, 5.41) is 9.30. The maximum Gasteiger partial charge on any atom is 0.416 e. The number of nitrogens with zero attached hydrogens (tertiary/aromatic N) is 2. The molecule has 1 heterocycles. The summed E-state index contributed by atoms with van der Waals surface area (Å²) in [7, 11) is 0. The van der Waals surface area contributed by atoms with Crippen molar-refractivity contribution in [3.05, 3.63) is 83.4 Å². The molecule has 1 aliphatic rings. The van der Waals surface area contributed by atoms with Gasteiger partial charge in [-0.05, 0) is 35.1 Å². The summed E-state index contributed by atoms with van der Waals surface area (Å²) >= 11 is 0. The lowest BCUT2D eigenvalue weighted by molar-refractivity contribution is -0.137. The van der Waals surface area contributed by atoms with Crippen molar-refractivity contribution >= 4 is 5.91 Å². The summed E-state index contributed by atoms with van der Waals surface area (Å²) in [6.45, 7) is 2.00. The first-order valence-electron chi connectivity index (χ1n) is 9.24. The molecule has 4 rings (SSSR count). The second kappa shape index (κ2) is 7.35. The lowest BCUT2D eigenvalue weighted by Gasteiger charge is -2.18. The van der Waals surface area contributed by atoms with Crippen LogP contribution in [0.15, 0.2) is 60.9 Å². The van der Waals surface area contributed by atoms with Crippen LogP contribution in [0.1, 0.15) is 41.4 Å². The molecule has 0 radical (unpaired) electrons. The van der Waals surface area contributed by atoms with Crippen LogP contribution in [0.5, 0.6) is 0 Å². The molecule has 29 heavy (non-hydrogen) atoms. The molecule has 1 aliphatic carbocycles. The Labute approximate surface area is 165 Å². The molecule has 0 aliphatic heterocycles. The number of rotatable bonds is 5. The van der Waals surface area contributed by atoms with E-state index < -0.39 is 17.8 Å². The van der Waals surface area contributed by atoms with Gasteiger partial charge >= 0.3 is 6.18 Å². The fourth-order valence-electron chi connectivity index (χ4n) is 3.85. The zero-order valence-electron chi connectivity index (χ0n) is 15.5. The van der Waals surface area contributed by atoms with E-state index in [0.717, 1.165) is 17.7 Å². The maximum atomic E-state index is 13.1. The Hall–Kier alpha value is -3.16. The highest BCUT2D eigenvalue weighted by atomic mass is 19.4. The van der Waals surface area contributed by atoms with E-state index in [1.54, 1.807) is 0 Å². The van der Waals surface area contributed by atoms with Crippen LogP contribution in [0.4, 0.5) is 13.2 Å². The summed E-state index contributed by atoms with van der Waals surface area (Å²) in [4.78, 5) is 17.0. The molecule has 5 nitrogen and oxygen atoms in total. The number of halogens is 3. The minimum absolute atomic E-state index is 0.0908. The number of carbonyl (C=O) groups is 1. The Bertz CT molecular complexity index is 989. The first-order valence-corrected chi connectivity index (χ1v) is 9.24. The summed E-state index contributed by atoms with van der Waals surface area (Å²) < 4.78 is 39.4. The predicted molar refractivity (Wildman–Crippen MR) is 99.6 cm³/mol. The van der Waals surface area contributed by atoms with Crippen LogP contribution in [0.2, 0.25) is 0 Å². The molecule has 1 amide bonds.